The van der Waals surface area contributed by atoms with Crippen molar-refractivity contribution < 1.29 is 13.9 Å². The molecular formula is C21H22O4. The Bertz CT molecular complexity index is 910. The van der Waals surface area contributed by atoms with Gasteiger partial charge in [-0.25, -0.2) is 4.79 Å². The van der Waals surface area contributed by atoms with Crippen molar-refractivity contribution in [1.29, 1.82) is 0 Å². The molecule has 0 amide bonds. The maximum Gasteiger partial charge on any atom is 0.336 e. The Kier molecular flexibility index (Phi) is 3.47. The van der Waals surface area contributed by atoms with Crippen LogP contribution in [0, 0.1) is 17.8 Å². The molecule has 0 N–H and O–H groups in total. The Morgan fingerprint density at radius 1 is 1.12 bits per heavy atom. The summed E-state index contributed by atoms with van der Waals surface area (Å²) in [6.45, 7) is 0.160. The summed E-state index contributed by atoms with van der Waals surface area (Å²) >= 11 is 0. The first kappa shape index (κ1) is 15.2. The number of rotatable bonds is 3. The fourth-order valence-electron chi connectivity index (χ4n) is 5.20. The topological polar surface area (TPSA) is 56.5 Å². The lowest BCUT2D eigenvalue weighted by Gasteiger charge is -2.20. The van der Waals surface area contributed by atoms with Crippen LogP contribution in [-0.4, -0.2) is 5.97 Å². The number of fused-ring (bicyclic) bond motifs is 4. The van der Waals surface area contributed by atoms with Crippen molar-refractivity contribution in [2.45, 2.75) is 51.6 Å². The number of aryl methyl sites for hydroxylation is 2. The Hall–Kier alpha value is -2.10. The number of carbonyl (C=O) groups excluding carboxylic acids is 1. The van der Waals surface area contributed by atoms with Gasteiger partial charge in [0.15, 0.2) is 0 Å². The van der Waals surface area contributed by atoms with Gasteiger partial charge in [0.25, 0.3) is 0 Å². The molecule has 2 bridgehead atoms. The van der Waals surface area contributed by atoms with Crippen LogP contribution in [0.3, 0.4) is 0 Å². The normalized spacial score (nSPS) is 27.0. The van der Waals surface area contributed by atoms with Crippen LogP contribution in [-0.2, 0) is 29.0 Å². The lowest BCUT2D eigenvalue weighted by atomic mass is 9.89. The summed E-state index contributed by atoms with van der Waals surface area (Å²) in [7, 11) is 0. The van der Waals surface area contributed by atoms with Gasteiger partial charge in [0.1, 0.15) is 12.2 Å². The highest BCUT2D eigenvalue weighted by molar-refractivity contribution is 5.82. The third kappa shape index (κ3) is 2.59. The monoisotopic (exact) mass is 338 g/mol. The Morgan fingerprint density at radius 3 is 2.72 bits per heavy atom. The molecule has 2 fully saturated rings. The van der Waals surface area contributed by atoms with E-state index in [1.165, 1.54) is 30.0 Å². The van der Waals surface area contributed by atoms with E-state index in [0.29, 0.717) is 11.5 Å². The minimum absolute atomic E-state index is 0.0642. The molecule has 4 heteroatoms. The summed E-state index contributed by atoms with van der Waals surface area (Å²) in [5.41, 5.74) is 3.59. The van der Waals surface area contributed by atoms with Crippen molar-refractivity contribution >= 4 is 16.9 Å². The van der Waals surface area contributed by atoms with Gasteiger partial charge >= 0.3 is 11.6 Å². The van der Waals surface area contributed by atoms with Crippen molar-refractivity contribution in [1.82, 2.24) is 0 Å². The molecule has 1 aromatic heterocycles. The highest BCUT2D eigenvalue weighted by atomic mass is 16.5. The molecule has 0 unspecified atom stereocenters. The highest BCUT2D eigenvalue weighted by Gasteiger charge is 2.43. The van der Waals surface area contributed by atoms with Crippen molar-refractivity contribution in [3.63, 3.8) is 0 Å². The lowest BCUT2D eigenvalue weighted by molar-refractivity contribution is -0.151. The van der Waals surface area contributed by atoms with Gasteiger partial charge in [-0.3, -0.25) is 4.79 Å². The quantitative estimate of drug-likeness (QED) is 0.631. The van der Waals surface area contributed by atoms with E-state index in [1.807, 2.05) is 6.07 Å². The van der Waals surface area contributed by atoms with Crippen LogP contribution in [0.1, 0.15) is 48.8 Å². The molecule has 0 aliphatic heterocycles. The molecule has 130 valence electrons. The second-order valence-electron chi connectivity index (χ2n) is 7.95. The van der Waals surface area contributed by atoms with Gasteiger partial charge in [-0.1, -0.05) is 6.42 Å². The molecular weight excluding hydrogens is 316 g/mol. The predicted octanol–water partition coefficient (Wildman–Crippen LogP) is 3.76. The highest BCUT2D eigenvalue weighted by Crippen LogP contribution is 2.48. The summed E-state index contributed by atoms with van der Waals surface area (Å²) in [5, 5.41) is 0.904. The SMILES string of the molecule is O=C(OCc1cc(=O)oc2cc3c(cc12)CCC3)[C@H]1C[C@H]2CC[C@H]1C2. The molecule has 2 saturated carbocycles. The molecule has 0 spiro atoms. The third-order valence-corrected chi connectivity index (χ3v) is 6.45. The van der Waals surface area contributed by atoms with E-state index >= 15 is 0 Å². The maximum atomic E-state index is 12.5. The summed E-state index contributed by atoms with van der Waals surface area (Å²) < 4.78 is 11.0. The minimum atomic E-state index is -0.378. The van der Waals surface area contributed by atoms with Crippen LogP contribution in [0.4, 0.5) is 0 Å². The zero-order valence-electron chi connectivity index (χ0n) is 14.3. The van der Waals surface area contributed by atoms with Gasteiger partial charge < -0.3 is 9.15 Å². The van der Waals surface area contributed by atoms with Crippen LogP contribution in [0.15, 0.2) is 27.4 Å². The van der Waals surface area contributed by atoms with Crippen LogP contribution < -0.4 is 5.63 Å². The van der Waals surface area contributed by atoms with Gasteiger partial charge in [0.05, 0.1) is 5.92 Å². The van der Waals surface area contributed by atoms with Gasteiger partial charge in [0, 0.05) is 17.0 Å². The first-order valence-corrected chi connectivity index (χ1v) is 9.42. The lowest BCUT2D eigenvalue weighted by Crippen LogP contribution is -2.23. The van der Waals surface area contributed by atoms with Gasteiger partial charge in [-0.2, -0.15) is 0 Å². The smallest absolute Gasteiger partial charge is 0.336 e. The van der Waals surface area contributed by atoms with Crippen LogP contribution >= 0.6 is 0 Å². The minimum Gasteiger partial charge on any atom is -0.461 e. The average Bonchev–Trinajstić information content (AvgIpc) is 3.33. The fraction of sp³-hybridized carbons (Fsp3) is 0.524. The number of carbonyl (C=O) groups is 1. The number of ether oxygens (including phenoxy) is 1. The van der Waals surface area contributed by atoms with Gasteiger partial charge in [-0.15, -0.1) is 0 Å². The zero-order chi connectivity index (χ0) is 17.0. The van der Waals surface area contributed by atoms with E-state index in [4.69, 9.17) is 9.15 Å². The molecule has 2 aromatic rings. The van der Waals surface area contributed by atoms with Crippen molar-refractivity contribution in [3.8, 4) is 0 Å². The second kappa shape index (κ2) is 5.72. The largest absolute Gasteiger partial charge is 0.461 e. The van der Waals surface area contributed by atoms with Crippen molar-refractivity contribution in [3.05, 3.63) is 45.3 Å². The van der Waals surface area contributed by atoms with E-state index < -0.39 is 0 Å². The maximum absolute atomic E-state index is 12.5. The fourth-order valence-corrected chi connectivity index (χ4v) is 5.20. The first-order valence-electron chi connectivity index (χ1n) is 9.42. The van der Waals surface area contributed by atoms with Crippen molar-refractivity contribution in [2.75, 3.05) is 0 Å². The summed E-state index contributed by atoms with van der Waals surface area (Å²) in [6, 6.07) is 5.57. The molecule has 0 radical (unpaired) electrons. The van der Waals surface area contributed by atoms with E-state index in [9.17, 15) is 9.59 Å². The third-order valence-electron chi connectivity index (χ3n) is 6.45. The molecule has 0 saturated heterocycles. The molecule has 1 aromatic carbocycles. The Morgan fingerprint density at radius 2 is 1.96 bits per heavy atom. The first-order chi connectivity index (χ1) is 12.2. The number of benzene rings is 1. The number of hydrogen-bond donors (Lipinski definition) is 0. The van der Waals surface area contributed by atoms with E-state index in [1.54, 1.807) is 0 Å². The molecule has 3 atom stereocenters. The average molecular weight is 338 g/mol. The molecule has 4 nitrogen and oxygen atoms in total. The summed E-state index contributed by atoms with van der Waals surface area (Å²) in [5.74, 6) is 1.21. The number of hydrogen-bond acceptors (Lipinski definition) is 4. The van der Waals surface area contributed by atoms with E-state index in [-0.39, 0.29) is 24.1 Å². The van der Waals surface area contributed by atoms with E-state index in [2.05, 4.69) is 6.07 Å². The van der Waals surface area contributed by atoms with Crippen molar-refractivity contribution in [2.24, 2.45) is 17.8 Å². The van der Waals surface area contributed by atoms with Gasteiger partial charge in [-0.05, 0) is 73.6 Å². The molecule has 3 aliphatic rings. The molecule has 1 heterocycles. The van der Waals surface area contributed by atoms with Crippen LogP contribution in [0.25, 0.3) is 11.0 Å². The van der Waals surface area contributed by atoms with Crippen LogP contribution in [0.2, 0.25) is 0 Å². The molecule has 5 rings (SSSR count). The molecule has 3 aliphatic carbocycles. The standard InChI is InChI=1S/C21H22O4/c22-20-10-16(11-24-21(23)18-7-12-4-5-15(18)6-12)17-8-13-2-1-3-14(13)9-19(17)25-20/h8-10,12,15,18H,1-7,11H2/t12-,15-,18-/m0/s1. The van der Waals surface area contributed by atoms with Crippen LogP contribution in [0.5, 0.6) is 0 Å². The second-order valence-corrected chi connectivity index (χ2v) is 7.95. The van der Waals surface area contributed by atoms with E-state index in [0.717, 1.165) is 49.0 Å². The Balaban J connectivity index is 1.41. The molecule has 25 heavy (non-hydrogen) atoms. The Labute approximate surface area is 146 Å². The summed E-state index contributed by atoms with van der Waals surface area (Å²) in [4.78, 5) is 24.4. The zero-order valence-corrected chi connectivity index (χ0v) is 14.3. The summed E-state index contributed by atoms with van der Waals surface area (Å²) in [6.07, 6.45) is 7.84. The predicted molar refractivity (Wildman–Crippen MR) is 93.2 cm³/mol. The number of esters is 1. The van der Waals surface area contributed by atoms with Gasteiger partial charge in [0.2, 0.25) is 0 Å².